The first-order valence-corrected chi connectivity index (χ1v) is 13.8. The zero-order valence-electron chi connectivity index (χ0n) is 20.6. The maximum atomic E-state index is 12.1. The number of nitrogens with zero attached hydrogens (tertiary/aromatic N) is 1. The van der Waals surface area contributed by atoms with E-state index >= 15 is 0 Å². The Hall–Kier alpha value is -3.83. The number of hydrogen-bond donors (Lipinski definition) is 1. The molecule has 0 spiro atoms. The van der Waals surface area contributed by atoms with Crippen molar-refractivity contribution in [2.45, 2.75) is 24.5 Å². The van der Waals surface area contributed by atoms with Crippen molar-refractivity contribution >= 4 is 32.0 Å². The Morgan fingerprint density at radius 2 is 1.70 bits per heavy atom. The van der Waals surface area contributed by atoms with Crippen LogP contribution in [0.2, 0.25) is 4.71 Å². The summed E-state index contributed by atoms with van der Waals surface area (Å²) in [6.07, 6.45) is 0.972. The Labute approximate surface area is 222 Å². The van der Waals surface area contributed by atoms with Gasteiger partial charge in [0.25, 0.3) is 0 Å². The van der Waals surface area contributed by atoms with Gasteiger partial charge in [-0.15, -0.1) is 0 Å². The summed E-state index contributed by atoms with van der Waals surface area (Å²) in [4.78, 5) is 28.7. The molecule has 4 aromatic rings. The van der Waals surface area contributed by atoms with Crippen molar-refractivity contribution in [3.8, 4) is 17.2 Å². The van der Waals surface area contributed by atoms with Gasteiger partial charge in [-0.1, -0.05) is 18.2 Å². The van der Waals surface area contributed by atoms with E-state index in [1.807, 2.05) is 67.6 Å². The van der Waals surface area contributed by atoms with E-state index in [0.717, 1.165) is 26.9 Å². The summed E-state index contributed by atoms with van der Waals surface area (Å²) >= 11 is -0.799. The minimum absolute atomic E-state index is 0.367. The zero-order valence-corrected chi connectivity index (χ0v) is 22.5. The van der Waals surface area contributed by atoms with Crippen LogP contribution in [0.15, 0.2) is 83.3 Å². The normalized spacial score (nSPS) is 11.9. The zero-order chi connectivity index (χ0) is 26.2. The van der Waals surface area contributed by atoms with Crippen molar-refractivity contribution in [3.63, 3.8) is 0 Å². The predicted molar refractivity (Wildman–Crippen MR) is 141 cm³/mol. The average molecular weight is 560 g/mol. The summed E-state index contributed by atoms with van der Waals surface area (Å²) < 4.78 is 16.7. The number of benzene rings is 3. The number of hydrogen-bond acceptors (Lipinski definition) is 6. The maximum absolute atomic E-state index is 12.1. The van der Waals surface area contributed by atoms with Gasteiger partial charge in [-0.2, -0.15) is 0 Å². The van der Waals surface area contributed by atoms with Crippen LogP contribution in [0.4, 0.5) is 0 Å². The minimum atomic E-state index is -0.877. The Bertz CT molecular complexity index is 1350. The number of aliphatic carboxylic acids is 1. The third kappa shape index (κ3) is 6.89. The second-order valence-electron chi connectivity index (χ2n) is 8.33. The van der Waals surface area contributed by atoms with Crippen molar-refractivity contribution in [1.29, 1.82) is 0 Å². The molecule has 0 saturated heterocycles. The van der Waals surface area contributed by atoms with Crippen molar-refractivity contribution in [2.24, 2.45) is 0 Å². The first-order valence-electron chi connectivity index (χ1n) is 11.8. The summed E-state index contributed by atoms with van der Waals surface area (Å²) in [6.45, 7) is 2.34. The summed E-state index contributed by atoms with van der Waals surface area (Å²) in [6, 6.07) is 24.3. The third-order valence-electron chi connectivity index (χ3n) is 5.76. The van der Waals surface area contributed by atoms with Gasteiger partial charge < -0.3 is 0 Å². The van der Waals surface area contributed by atoms with E-state index in [2.05, 4.69) is 4.98 Å². The van der Waals surface area contributed by atoms with Crippen LogP contribution in [-0.2, 0) is 22.4 Å². The number of carboxylic acid groups (broad SMARTS) is 1. The molecule has 8 heteroatoms. The van der Waals surface area contributed by atoms with E-state index in [4.69, 9.17) is 13.9 Å². The molecule has 0 amide bonds. The van der Waals surface area contributed by atoms with E-state index in [-0.39, 0.29) is 0 Å². The second-order valence-corrected chi connectivity index (χ2v) is 11.2. The van der Waals surface area contributed by atoms with Gasteiger partial charge in [0.1, 0.15) is 0 Å². The molecule has 1 N–H and O–H groups in total. The fourth-order valence-electron chi connectivity index (χ4n) is 3.80. The summed E-state index contributed by atoms with van der Waals surface area (Å²) in [5.74, 6) is 0.743. The monoisotopic (exact) mass is 560 g/mol. The van der Waals surface area contributed by atoms with E-state index in [0.29, 0.717) is 36.7 Å². The number of aryl methyl sites for hydroxylation is 1. The molecule has 1 heterocycles. The quantitative estimate of drug-likeness (QED) is 0.213. The number of methoxy groups -OCH3 is 1. The molecule has 0 aliphatic rings. The van der Waals surface area contributed by atoms with Gasteiger partial charge in [0.2, 0.25) is 0 Å². The topological polar surface area (TPSA) is 98.9 Å². The van der Waals surface area contributed by atoms with Crippen LogP contribution in [0.1, 0.15) is 27.4 Å². The van der Waals surface area contributed by atoms with E-state index in [1.165, 1.54) is 7.11 Å². The van der Waals surface area contributed by atoms with E-state index in [9.17, 15) is 14.7 Å². The molecule has 0 aliphatic heterocycles. The van der Waals surface area contributed by atoms with Crippen molar-refractivity contribution in [1.82, 2.24) is 4.98 Å². The van der Waals surface area contributed by atoms with Gasteiger partial charge in [-0.05, 0) is 12.1 Å². The van der Waals surface area contributed by atoms with Crippen molar-refractivity contribution in [2.75, 3.05) is 13.7 Å². The Morgan fingerprint density at radius 1 is 1.00 bits per heavy atom. The van der Waals surface area contributed by atoms with Gasteiger partial charge in [-0.3, -0.25) is 0 Å². The van der Waals surface area contributed by atoms with Crippen LogP contribution < -0.4 is 9.09 Å². The van der Waals surface area contributed by atoms with Crippen LogP contribution in [0, 0.1) is 6.92 Å². The van der Waals surface area contributed by atoms with Crippen LogP contribution in [0.25, 0.3) is 11.5 Å². The van der Waals surface area contributed by atoms with E-state index < -0.39 is 32.4 Å². The molecular formula is C29H27AsNO6. The average Bonchev–Trinajstić information content (AvgIpc) is 3.29. The molecular weight excluding hydrogens is 533 g/mol. The molecule has 4 rings (SSSR count). The summed E-state index contributed by atoms with van der Waals surface area (Å²) in [7, 11) is 1.32. The number of rotatable bonds is 11. The number of carbonyl (C=O) groups is 2. The number of ether oxygens (including phenoxy) is 2. The van der Waals surface area contributed by atoms with Gasteiger partial charge >= 0.3 is 187 Å². The first kappa shape index (κ1) is 26.2. The number of carboxylic acids is 1. The molecule has 0 aliphatic carbocycles. The molecule has 0 fully saturated rings. The van der Waals surface area contributed by atoms with Crippen molar-refractivity contribution < 1.29 is 28.6 Å². The van der Waals surface area contributed by atoms with Crippen LogP contribution >= 0.6 is 0 Å². The Morgan fingerprint density at radius 3 is 2.41 bits per heavy atom. The molecule has 1 radical (unpaired) electrons. The van der Waals surface area contributed by atoms with Gasteiger partial charge in [0, 0.05) is 5.56 Å². The fraction of sp³-hybridized carbons (Fsp3) is 0.207. The van der Waals surface area contributed by atoms with Crippen LogP contribution in [-0.4, -0.2) is 51.5 Å². The molecule has 0 bridgehead atoms. The number of aromatic nitrogens is 1. The molecule has 189 valence electrons. The molecule has 3 aromatic carbocycles. The van der Waals surface area contributed by atoms with Crippen molar-refractivity contribution in [3.05, 3.63) is 101 Å². The molecule has 7 nitrogen and oxygen atoms in total. The number of carbonyl (C=O) groups excluding carboxylic acids is 1. The SMILES string of the molecule is COC(=O)c1ccccc1[As]C(Cc1ccc(OCCc2nc(-c3ccccc3)oc2C)cc1)C(=O)O. The molecule has 1 atom stereocenters. The fourth-order valence-corrected chi connectivity index (χ4v) is 6.37. The molecule has 0 saturated carbocycles. The Kier molecular flexibility index (Phi) is 8.80. The summed E-state index contributed by atoms with van der Waals surface area (Å²) in [5.41, 5.74) is 3.11. The summed E-state index contributed by atoms with van der Waals surface area (Å²) in [5, 5.41) is 9.83. The second kappa shape index (κ2) is 12.4. The number of esters is 1. The standard InChI is InChI=1S/C29H27AsNO6/c1-19-26(31-27(37-19)21-8-4-3-5-9-21)16-17-36-22-14-12-20(13-15-22)18-25(28(32)33)30-24-11-7-6-10-23(24)29(34)35-2/h3-15,25H,16-18H2,1-2H3,(H,32,33). The van der Waals surface area contributed by atoms with Crippen LogP contribution in [0.3, 0.4) is 0 Å². The molecule has 1 unspecified atom stereocenters. The number of oxazole rings is 1. The van der Waals surface area contributed by atoms with E-state index in [1.54, 1.807) is 18.2 Å². The predicted octanol–water partition coefficient (Wildman–Crippen LogP) is 4.50. The molecule has 37 heavy (non-hydrogen) atoms. The van der Waals surface area contributed by atoms with Gasteiger partial charge in [0.15, 0.2) is 0 Å². The molecule has 1 aromatic heterocycles. The van der Waals surface area contributed by atoms with Gasteiger partial charge in [-0.25, -0.2) is 0 Å². The van der Waals surface area contributed by atoms with Gasteiger partial charge in [0.05, 0.1) is 0 Å². The van der Waals surface area contributed by atoms with Crippen LogP contribution in [0.5, 0.6) is 5.75 Å². The first-order chi connectivity index (χ1) is 17.9. The Balaban J connectivity index is 1.34. The third-order valence-corrected chi connectivity index (χ3v) is 8.66.